The fourth-order valence-electron chi connectivity index (χ4n) is 5.42. The first kappa shape index (κ1) is 24.8. The van der Waals surface area contributed by atoms with Gasteiger partial charge in [0, 0.05) is 16.9 Å². The molecule has 2 aliphatic carbocycles. The lowest BCUT2D eigenvalue weighted by molar-refractivity contribution is -0.137. The molecule has 0 saturated carbocycles. The van der Waals surface area contributed by atoms with E-state index < -0.39 is 5.97 Å². The molecule has 0 fully saturated rings. The molecule has 1 heterocycles. The van der Waals surface area contributed by atoms with Gasteiger partial charge in [0.2, 0.25) is 0 Å². The standard InChI is InChI=1S/C30H35NO4S/c1-2-6-22-17-23(30-31-26-7-3-4-8-28(26)36-30)11-14-27(22)35-16-5-15-34-24-12-13-25-20(18-24)9-10-21(25)19-29(32)33/h11-14,17-18,21H,2-10,15-16,19H2,1H3,(H,32,33)/t21-/m0/s1. The second-order valence-corrected chi connectivity index (χ2v) is 11.0. The summed E-state index contributed by atoms with van der Waals surface area (Å²) in [4.78, 5) is 17.5. The van der Waals surface area contributed by atoms with Crippen molar-refractivity contribution in [2.45, 2.75) is 77.0 Å². The van der Waals surface area contributed by atoms with Gasteiger partial charge in [-0.25, -0.2) is 4.98 Å². The van der Waals surface area contributed by atoms with E-state index in [0.717, 1.165) is 60.6 Å². The average Bonchev–Trinajstić information content (AvgIpc) is 3.48. The maximum atomic E-state index is 11.1. The Hall–Kier alpha value is -2.86. The minimum absolute atomic E-state index is 0.129. The van der Waals surface area contributed by atoms with Crippen molar-refractivity contribution in [1.82, 2.24) is 4.98 Å². The molecule has 1 N–H and O–H groups in total. The number of hydrogen-bond donors (Lipinski definition) is 1. The molecule has 5 nitrogen and oxygen atoms in total. The van der Waals surface area contributed by atoms with Crippen molar-refractivity contribution in [3.8, 4) is 22.1 Å². The molecule has 0 amide bonds. The maximum absolute atomic E-state index is 11.1. The van der Waals surface area contributed by atoms with E-state index in [-0.39, 0.29) is 12.3 Å². The largest absolute Gasteiger partial charge is 0.493 e. The quantitative estimate of drug-likeness (QED) is 0.284. The lowest BCUT2D eigenvalue weighted by Crippen LogP contribution is -2.07. The fourth-order valence-corrected chi connectivity index (χ4v) is 6.57. The lowest BCUT2D eigenvalue weighted by Gasteiger charge is -2.13. The molecule has 2 aliphatic rings. The number of aliphatic carboxylic acids is 1. The first-order chi connectivity index (χ1) is 17.6. The normalized spacial score (nSPS) is 16.4. The molecule has 0 saturated heterocycles. The Labute approximate surface area is 217 Å². The van der Waals surface area contributed by atoms with Crippen LogP contribution >= 0.6 is 11.3 Å². The molecule has 5 rings (SSSR count). The smallest absolute Gasteiger partial charge is 0.303 e. The highest BCUT2D eigenvalue weighted by molar-refractivity contribution is 7.15. The third kappa shape index (κ3) is 5.75. The van der Waals surface area contributed by atoms with Crippen LogP contribution in [0.5, 0.6) is 11.5 Å². The topological polar surface area (TPSA) is 68.7 Å². The van der Waals surface area contributed by atoms with Crippen LogP contribution in [-0.2, 0) is 30.5 Å². The second-order valence-electron chi connectivity index (χ2n) is 9.91. The number of carbonyl (C=O) groups is 1. The van der Waals surface area contributed by atoms with E-state index in [2.05, 4.69) is 31.2 Å². The van der Waals surface area contributed by atoms with E-state index in [1.807, 2.05) is 23.5 Å². The van der Waals surface area contributed by atoms with E-state index in [1.165, 1.54) is 46.5 Å². The van der Waals surface area contributed by atoms with Gasteiger partial charge >= 0.3 is 5.97 Å². The van der Waals surface area contributed by atoms with Crippen molar-refractivity contribution in [2.75, 3.05) is 13.2 Å². The number of rotatable bonds is 11. The van der Waals surface area contributed by atoms with Gasteiger partial charge in [-0.2, -0.15) is 0 Å². The number of thiazole rings is 1. The molecule has 0 bridgehead atoms. The predicted octanol–water partition coefficient (Wildman–Crippen LogP) is 6.99. The third-order valence-corrected chi connectivity index (χ3v) is 8.43. The number of fused-ring (bicyclic) bond motifs is 2. The van der Waals surface area contributed by atoms with Gasteiger partial charge in [-0.3, -0.25) is 4.79 Å². The molecule has 6 heteroatoms. The molecule has 0 aliphatic heterocycles. The predicted molar refractivity (Wildman–Crippen MR) is 144 cm³/mol. The summed E-state index contributed by atoms with van der Waals surface area (Å²) in [5.74, 6) is 1.22. The van der Waals surface area contributed by atoms with E-state index in [4.69, 9.17) is 19.6 Å². The molecule has 1 atom stereocenters. The lowest BCUT2D eigenvalue weighted by atomic mass is 9.98. The molecular formula is C30H35NO4S. The Kier molecular flexibility index (Phi) is 7.90. The first-order valence-corrected chi connectivity index (χ1v) is 14.1. The van der Waals surface area contributed by atoms with Crippen LogP contribution in [0.1, 0.15) is 78.6 Å². The second kappa shape index (κ2) is 11.5. The molecule has 0 spiro atoms. The zero-order valence-corrected chi connectivity index (χ0v) is 21.9. The molecule has 36 heavy (non-hydrogen) atoms. The summed E-state index contributed by atoms with van der Waals surface area (Å²) in [7, 11) is 0. The van der Waals surface area contributed by atoms with Crippen LogP contribution in [0.3, 0.4) is 0 Å². The Balaban J connectivity index is 1.14. The molecule has 190 valence electrons. The Morgan fingerprint density at radius 3 is 2.78 bits per heavy atom. The van der Waals surface area contributed by atoms with Gasteiger partial charge in [0.05, 0.1) is 25.3 Å². The number of aromatic nitrogens is 1. The molecule has 1 aromatic heterocycles. The van der Waals surface area contributed by atoms with Crippen LogP contribution in [-0.4, -0.2) is 29.3 Å². The van der Waals surface area contributed by atoms with Crippen LogP contribution in [0.4, 0.5) is 0 Å². The highest BCUT2D eigenvalue weighted by Gasteiger charge is 2.25. The number of aryl methyl sites for hydroxylation is 4. The van der Waals surface area contributed by atoms with Gasteiger partial charge in [-0.15, -0.1) is 11.3 Å². The van der Waals surface area contributed by atoms with Crippen molar-refractivity contribution in [2.24, 2.45) is 0 Å². The Bertz CT molecular complexity index is 1190. The highest BCUT2D eigenvalue weighted by Crippen LogP contribution is 2.37. The summed E-state index contributed by atoms with van der Waals surface area (Å²) in [5, 5.41) is 10.3. The van der Waals surface area contributed by atoms with Gasteiger partial charge in [-0.05, 0) is 97.9 Å². The molecule has 3 aromatic rings. The SMILES string of the molecule is CCCc1cc(-c2nc3c(s2)CCCC3)ccc1OCCCOc1ccc2c(c1)CC[C@H]2CC(=O)O. The first-order valence-electron chi connectivity index (χ1n) is 13.3. The van der Waals surface area contributed by atoms with E-state index in [9.17, 15) is 4.79 Å². The summed E-state index contributed by atoms with van der Waals surface area (Å²) in [6.07, 6.45) is 9.73. The maximum Gasteiger partial charge on any atom is 0.303 e. The van der Waals surface area contributed by atoms with E-state index in [1.54, 1.807) is 0 Å². The average molecular weight is 506 g/mol. The molecular weight excluding hydrogens is 470 g/mol. The van der Waals surface area contributed by atoms with E-state index in [0.29, 0.717) is 13.2 Å². The monoisotopic (exact) mass is 505 g/mol. The summed E-state index contributed by atoms with van der Waals surface area (Å²) in [6, 6.07) is 12.6. The van der Waals surface area contributed by atoms with Crippen molar-refractivity contribution >= 4 is 17.3 Å². The number of carboxylic acid groups (broad SMARTS) is 1. The Morgan fingerprint density at radius 1 is 1.08 bits per heavy atom. The highest BCUT2D eigenvalue weighted by atomic mass is 32.1. The van der Waals surface area contributed by atoms with Gasteiger partial charge < -0.3 is 14.6 Å². The van der Waals surface area contributed by atoms with Crippen molar-refractivity contribution in [3.05, 3.63) is 63.7 Å². The van der Waals surface area contributed by atoms with Gasteiger partial charge in [0.25, 0.3) is 0 Å². The van der Waals surface area contributed by atoms with Gasteiger partial charge in [0.1, 0.15) is 16.5 Å². The van der Waals surface area contributed by atoms with Gasteiger partial charge in [0.15, 0.2) is 0 Å². The van der Waals surface area contributed by atoms with Gasteiger partial charge in [-0.1, -0.05) is 19.4 Å². The molecule has 2 aromatic carbocycles. The third-order valence-electron chi connectivity index (χ3n) is 7.22. The van der Waals surface area contributed by atoms with Crippen LogP contribution in [0.25, 0.3) is 10.6 Å². The van der Waals surface area contributed by atoms with Crippen molar-refractivity contribution < 1.29 is 19.4 Å². The molecule has 0 unspecified atom stereocenters. The summed E-state index contributed by atoms with van der Waals surface area (Å²) >= 11 is 1.86. The zero-order valence-electron chi connectivity index (χ0n) is 21.1. The number of ether oxygens (including phenoxy) is 2. The minimum Gasteiger partial charge on any atom is -0.493 e. The van der Waals surface area contributed by atoms with Crippen LogP contribution in [0.15, 0.2) is 36.4 Å². The number of hydrogen-bond acceptors (Lipinski definition) is 5. The van der Waals surface area contributed by atoms with Crippen molar-refractivity contribution in [3.63, 3.8) is 0 Å². The molecule has 0 radical (unpaired) electrons. The summed E-state index contributed by atoms with van der Waals surface area (Å²) < 4.78 is 12.1. The minimum atomic E-state index is -0.730. The fraction of sp³-hybridized carbons (Fsp3) is 0.467. The summed E-state index contributed by atoms with van der Waals surface area (Å²) in [6.45, 7) is 3.39. The number of carboxylic acids is 1. The number of benzene rings is 2. The van der Waals surface area contributed by atoms with Crippen LogP contribution in [0, 0.1) is 0 Å². The van der Waals surface area contributed by atoms with Crippen LogP contribution in [0.2, 0.25) is 0 Å². The van der Waals surface area contributed by atoms with E-state index >= 15 is 0 Å². The summed E-state index contributed by atoms with van der Waals surface area (Å²) in [5.41, 5.74) is 6.15. The van der Waals surface area contributed by atoms with Crippen LogP contribution < -0.4 is 9.47 Å². The Morgan fingerprint density at radius 2 is 1.94 bits per heavy atom. The zero-order chi connectivity index (χ0) is 24.9. The van der Waals surface area contributed by atoms with Crippen molar-refractivity contribution in [1.29, 1.82) is 0 Å². The number of nitrogens with zero attached hydrogens (tertiary/aromatic N) is 1.